The van der Waals surface area contributed by atoms with Crippen molar-refractivity contribution in [2.45, 2.75) is 6.92 Å². The van der Waals surface area contributed by atoms with Crippen molar-refractivity contribution in [3.05, 3.63) is 22.7 Å². The van der Waals surface area contributed by atoms with E-state index in [1.54, 1.807) is 6.07 Å². The largest absolute Gasteiger partial charge is 0.504 e. The molecule has 0 aromatic heterocycles. The number of phenols is 2. The molecule has 0 unspecified atom stereocenters. The lowest BCUT2D eigenvalue weighted by Gasteiger charge is -2.19. The average Bonchev–Trinajstić information content (AvgIpc) is 2.17. The van der Waals surface area contributed by atoms with Gasteiger partial charge in [-0.25, -0.2) is 0 Å². The molecule has 0 atom stereocenters. The number of fused-ring (bicyclic) bond motifs is 1. The minimum absolute atomic E-state index is 0.186. The molecule has 1 aliphatic rings. The Balaban J connectivity index is 2.67. The highest BCUT2D eigenvalue weighted by molar-refractivity contribution is 6.33. The molecule has 1 aromatic rings. The Labute approximate surface area is 86.2 Å². The summed E-state index contributed by atoms with van der Waals surface area (Å²) in [5, 5.41) is 19.4. The Bertz CT molecular complexity index is 424. The highest BCUT2D eigenvalue weighted by Gasteiger charge is 2.20. The molecule has 4 heteroatoms. The van der Waals surface area contributed by atoms with Crippen LogP contribution in [0.15, 0.2) is 17.2 Å². The van der Waals surface area contributed by atoms with Gasteiger partial charge in [0.25, 0.3) is 0 Å². The minimum Gasteiger partial charge on any atom is -0.504 e. The molecule has 2 rings (SSSR count). The number of aromatic hydroxyl groups is 2. The molecule has 1 aliphatic heterocycles. The van der Waals surface area contributed by atoms with E-state index in [9.17, 15) is 10.2 Å². The van der Waals surface area contributed by atoms with Crippen LogP contribution >= 0.6 is 11.6 Å². The summed E-state index contributed by atoms with van der Waals surface area (Å²) in [4.78, 5) is 0. The second kappa shape index (κ2) is 3.10. The van der Waals surface area contributed by atoms with E-state index in [0.717, 1.165) is 11.1 Å². The molecule has 2 N–H and O–H groups in total. The van der Waals surface area contributed by atoms with Crippen LogP contribution in [0.25, 0.3) is 5.57 Å². The van der Waals surface area contributed by atoms with E-state index in [1.807, 2.05) is 6.92 Å². The maximum Gasteiger partial charge on any atom is 0.201 e. The maximum atomic E-state index is 9.51. The molecule has 3 nitrogen and oxygen atoms in total. The number of rotatable bonds is 0. The van der Waals surface area contributed by atoms with E-state index < -0.39 is 0 Å². The van der Waals surface area contributed by atoms with E-state index in [-0.39, 0.29) is 18.1 Å². The van der Waals surface area contributed by atoms with E-state index in [1.165, 1.54) is 6.07 Å². The predicted octanol–water partition coefficient (Wildman–Crippen LogP) is 2.46. The van der Waals surface area contributed by atoms with Crippen molar-refractivity contribution in [1.82, 2.24) is 0 Å². The number of benzene rings is 1. The van der Waals surface area contributed by atoms with Crippen LogP contribution in [0.1, 0.15) is 12.5 Å². The lowest BCUT2D eigenvalue weighted by Crippen LogP contribution is -2.07. The minimum atomic E-state index is -0.231. The fraction of sp³-hybridized carbons (Fsp3) is 0.200. The van der Waals surface area contributed by atoms with Crippen LogP contribution in [0.2, 0.25) is 0 Å². The van der Waals surface area contributed by atoms with Crippen LogP contribution in [-0.2, 0) is 0 Å². The molecule has 0 fully saturated rings. The van der Waals surface area contributed by atoms with Crippen LogP contribution in [-0.4, -0.2) is 16.8 Å². The molecule has 0 saturated heterocycles. The normalized spacial score (nSPS) is 15.0. The summed E-state index contributed by atoms with van der Waals surface area (Å²) in [7, 11) is 0. The molecule has 0 bridgehead atoms. The smallest absolute Gasteiger partial charge is 0.201 e. The molecule has 1 heterocycles. The van der Waals surface area contributed by atoms with E-state index in [2.05, 4.69) is 0 Å². The summed E-state index contributed by atoms with van der Waals surface area (Å²) in [6.45, 7) is 2.08. The topological polar surface area (TPSA) is 49.7 Å². The van der Waals surface area contributed by atoms with Gasteiger partial charge in [-0.3, -0.25) is 0 Å². The molecule has 1 aromatic carbocycles. The van der Waals surface area contributed by atoms with Crippen LogP contribution in [0.4, 0.5) is 0 Å². The first-order valence-electron chi connectivity index (χ1n) is 4.14. The molecule has 0 aliphatic carbocycles. The highest BCUT2D eigenvalue weighted by Crippen LogP contribution is 2.44. The van der Waals surface area contributed by atoms with Crippen molar-refractivity contribution in [3.63, 3.8) is 0 Å². The third-order valence-corrected chi connectivity index (χ3v) is 2.66. The van der Waals surface area contributed by atoms with Crippen LogP contribution < -0.4 is 4.74 Å². The monoisotopic (exact) mass is 212 g/mol. The average molecular weight is 213 g/mol. The number of halogens is 1. The summed E-state index contributed by atoms with van der Waals surface area (Å²) >= 11 is 5.90. The molecule has 0 spiro atoms. The number of phenolic OH excluding ortho intramolecular Hbond substituents is 2. The van der Waals surface area contributed by atoms with Crippen molar-refractivity contribution in [3.8, 4) is 17.2 Å². The second-order valence-corrected chi connectivity index (χ2v) is 3.58. The summed E-state index contributed by atoms with van der Waals surface area (Å²) in [5.74, 6) is -0.118. The summed E-state index contributed by atoms with van der Waals surface area (Å²) in [5.41, 5.74) is 1.58. The predicted molar refractivity (Wildman–Crippen MR) is 53.7 cm³/mol. The van der Waals surface area contributed by atoms with Gasteiger partial charge in [-0.1, -0.05) is 11.6 Å². The zero-order valence-corrected chi connectivity index (χ0v) is 8.30. The number of allylic oxidation sites excluding steroid dienone is 1. The summed E-state index contributed by atoms with van der Waals surface area (Å²) in [6, 6.07) is 3.08. The molecule has 74 valence electrons. The van der Waals surface area contributed by atoms with Crippen LogP contribution in [0.5, 0.6) is 17.2 Å². The SMILES string of the molecule is CC1=C(Cl)COc2c1ccc(O)c2O. The van der Waals surface area contributed by atoms with E-state index in [0.29, 0.717) is 10.8 Å². The fourth-order valence-electron chi connectivity index (χ4n) is 1.39. The van der Waals surface area contributed by atoms with E-state index in [4.69, 9.17) is 16.3 Å². The van der Waals surface area contributed by atoms with Gasteiger partial charge in [0.2, 0.25) is 5.75 Å². The van der Waals surface area contributed by atoms with Crippen LogP contribution in [0.3, 0.4) is 0 Å². The highest BCUT2D eigenvalue weighted by atomic mass is 35.5. The van der Waals surface area contributed by atoms with Crippen molar-refractivity contribution in [2.24, 2.45) is 0 Å². The molecular weight excluding hydrogens is 204 g/mol. The van der Waals surface area contributed by atoms with Gasteiger partial charge in [0, 0.05) is 5.56 Å². The number of hydrogen-bond acceptors (Lipinski definition) is 3. The first-order valence-corrected chi connectivity index (χ1v) is 4.52. The molecule has 0 amide bonds. The Morgan fingerprint density at radius 3 is 2.79 bits per heavy atom. The van der Waals surface area contributed by atoms with Gasteiger partial charge in [0.15, 0.2) is 11.5 Å². The van der Waals surface area contributed by atoms with Crippen molar-refractivity contribution < 1.29 is 14.9 Å². The van der Waals surface area contributed by atoms with Gasteiger partial charge >= 0.3 is 0 Å². The maximum absolute atomic E-state index is 9.51. The Morgan fingerprint density at radius 1 is 1.36 bits per heavy atom. The Morgan fingerprint density at radius 2 is 2.07 bits per heavy atom. The van der Waals surface area contributed by atoms with Gasteiger partial charge in [0.05, 0.1) is 5.03 Å². The summed E-state index contributed by atoms with van der Waals surface area (Å²) in [6.07, 6.45) is 0. The lowest BCUT2D eigenvalue weighted by atomic mass is 10.0. The quantitative estimate of drug-likeness (QED) is 0.650. The van der Waals surface area contributed by atoms with Gasteiger partial charge in [-0.2, -0.15) is 0 Å². The van der Waals surface area contributed by atoms with Gasteiger partial charge < -0.3 is 14.9 Å². The van der Waals surface area contributed by atoms with Gasteiger partial charge in [-0.05, 0) is 24.6 Å². The van der Waals surface area contributed by atoms with Gasteiger partial charge in [0.1, 0.15) is 6.61 Å². The Kier molecular flexibility index (Phi) is 2.04. The zero-order chi connectivity index (χ0) is 10.3. The molecule has 0 saturated carbocycles. The second-order valence-electron chi connectivity index (χ2n) is 3.13. The Hall–Kier alpha value is -1.35. The third-order valence-electron chi connectivity index (χ3n) is 2.26. The van der Waals surface area contributed by atoms with E-state index >= 15 is 0 Å². The zero-order valence-electron chi connectivity index (χ0n) is 7.54. The molecule has 14 heavy (non-hydrogen) atoms. The van der Waals surface area contributed by atoms with Crippen LogP contribution in [0, 0.1) is 0 Å². The van der Waals surface area contributed by atoms with Crippen molar-refractivity contribution in [1.29, 1.82) is 0 Å². The standard InChI is InChI=1S/C10H9ClO3/c1-5-6-2-3-8(12)9(13)10(6)14-4-7(5)11/h2-3,12-13H,4H2,1H3. The van der Waals surface area contributed by atoms with Crippen molar-refractivity contribution in [2.75, 3.05) is 6.61 Å². The van der Waals surface area contributed by atoms with Crippen molar-refractivity contribution >= 4 is 17.2 Å². The third kappa shape index (κ3) is 1.21. The first kappa shape index (κ1) is 9.21. The fourth-order valence-corrected chi connectivity index (χ4v) is 1.55. The molecular formula is C10H9ClO3. The molecule has 0 radical (unpaired) electrons. The number of ether oxygens (including phenoxy) is 1. The lowest BCUT2D eigenvalue weighted by molar-refractivity contribution is 0.317. The first-order chi connectivity index (χ1) is 6.61. The van der Waals surface area contributed by atoms with Gasteiger partial charge in [-0.15, -0.1) is 0 Å². The number of hydrogen-bond donors (Lipinski definition) is 2. The summed E-state index contributed by atoms with van der Waals surface area (Å²) < 4.78 is 5.22.